The molecule has 5 N–H and O–H groups in total. The highest BCUT2D eigenvalue weighted by atomic mass is 16.4. The fourth-order valence-electron chi connectivity index (χ4n) is 1.56. The smallest absolute Gasteiger partial charge is 0.326 e. The fourth-order valence-corrected chi connectivity index (χ4v) is 1.56. The lowest BCUT2D eigenvalue weighted by Gasteiger charge is -2.20. The van der Waals surface area contributed by atoms with Crippen LogP contribution in [0.3, 0.4) is 0 Å². The molecule has 0 saturated heterocycles. The summed E-state index contributed by atoms with van der Waals surface area (Å²) in [6.07, 6.45) is 1.29. The summed E-state index contributed by atoms with van der Waals surface area (Å²) in [7, 11) is 2.03. The van der Waals surface area contributed by atoms with Gasteiger partial charge in [-0.05, 0) is 40.3 Å². The largest absolute Gasteiger partial charge is 0.480 e. The maximum absolute atomic E-state index is 11.5. The monoisotopic (exact) mass is 302 g/mol. The molecule has 21 heavy (non-hydrogen) atoms. The van der Waals surface area contributed by atoms with Crippen LogP contribution in [0.5, 0.6) is 0 Å². The summed E-state index contributed by atoms with van der Waals surface area (Å²) >= 11 is 0. The van der Waals surface area contributed by atoms with Gasteiger partial charge in [0.15, 0.2) is 0 Å². The van der Waals surface area contributed by atoms with Gasteiger partial charge < -0.3 is 26.4 Å². The van der Waals surface area contributed by atoms with Gasteiger partial charge in [-0.2, -0.15) is 0 Å². The Balaban J connectivity index is 3.88. The number of nitrogens with zero attached hydrogens (tertiary/aromatic N) is 1. The number of hydrogen-bond donors (Lipinski definition) is 4. The molecule has 122 valence electrons. The fraction of sp³-hybridized carbons (Fsp3) is 0.769. The number of hydrogen-bond acceptors (Lipinski definition) is 4. The molecule has 0 bridgehead atoms. The Bertz CT molecular complexity index is 360. The van der Waals surface area contributed by atoms with Crippen molar-refractivity contribution in [3.05, 3.63) is 0 Å². The quantitative estimate of drug-likeness (QED) is 0.414. The Morgan fingerprint density at radius 2 is 1.86 bits per heavy atom. The first-order valence-corrected chi connectivity index (χ1v) is 6.99. The molecule has 0 fully saturated rings. The first-order chi connectivity index (χ1) is 9.73. The SMILES string of the molecule is CC(C)N(C)CCCCNC(=O)N[C@H](CC(N)=O)C(=O)O. The Kier molecular flexibility index (Phi) is 9.11. The molecule has 0 aliphatic heterocycles. The number of unbranched alkanes of at least 4 members (excludes halogenated alkanes) is 1. The van der Waals surface area contributed by atoms with Gasteiger partial charge in [0.1, 0.15) is 6.04 Å². The van der Waals surface area contributed by atoms with Crippen molar-refractivity contribution in [3.8, 4) is 0 Å². The van der Waals surface area contributed by atoms with Crippen molar-refractivity contribution < 1.29 is 19.5 Å². The Morgan fingerprint density at radius 3 is 2.33 bits per heavy atom. The van der Waals surface area contributed by atoms with Crippen LogP contribution in [0.4, 0.5) is 4.79 Å². The van der Waals surface area contributed by atoms with E-state index in [4.69, 9.17) is 10.8 Å². The second kappa shape index (κ2) is 9.98. The summed E-state index contributed by atoms with van der Waals surface area (Å²) in [6.45, 7) is 5.59. The molecule has 8 heteroatoms. The van der Waals surface area contributed by atoms with Gasteiger partial charge in [0.25, 0.3) is 0 Å². The lowest BCUT2D eigenvalue weighted by atomic mass is 10.2. The summed E-state index contributed by atoms with van der Waals surface area (Å²) in [5, 5.41) is 13.6. The predicted molar refractivity (Wildman–Crippen MR) is 78.8 cm³/mol. The zero-order chi connectivity index (χ0) is 16.4. The molecular formula is C13H26N4O4. The van der Waals surface area contributed by atoms with E-state index in [0.29, 0.717) is 12.6 Å². The van der Waals surface area contributed by atoms with Crippen molar-refractivity contribution in [3.63, 3.8) is 0 Å². The second-order valence-electron chi connectivity index (χ2n) is 5.24. The van der Waals surface area contributed by atoms with Gasteiger partial charge >= 0.3 is 12.0 Å². The van der Waals surface area contributed by atoms with Gasteiger partial charge in [-0.15, -0.1) is 0 Å². The maximum Gasteiger partial charge on any atom is 0.326 e. The van der Waals surface area contributed by atoms with Crippen LogP contribution in [0, 0.1) is 0 Å². The number of urea groups is 1. The molecule has 0 radical (unpaired) electrons. The molecule has 0 aliphatic carbocycles. The normalized spacial score (nSPS) is 12.2. The second-order valence-corrected chi connectivity index (χ2v) is 5.24. The lowest BCUT2D eigenvalue weighted by Crippen LogP contribution is -2.47. The highest BCUT2D eigenvalue weighted by Gasteiger charge is 2.21. The van der Waals surface area contributed by atoms with Crippen LogP contribution in [-0.2, 0) is 9.59 Å². The van der Waals surface area contributed by atoms with Gasteiger partial charge in [0.05, 0.1) is 6.42 Å². The van der Waals surface area contributed by atoms with E-state index >= 15 is 0 Å². The Morgan fingerprint density at radius 1 is 1.24 bits per heavy atom. The molecule has 0 rings (SSSR count). The average molecular weight is 302 g/mol. The molecule has 0 spiro atoms. The molecule has 0 aromatic rings. The minimum atomic E-state index is -1.30. The topological polar surface area (TPSA) is 125 Å². The molecular weight excluding hydrogens is 276 g/mol. The zero-order valence-corrected chi connectivity index (χ0v) is 12.9. The lowest BCUT2D eigenvalue weighted by molar-refractivity contribution is -0.140. The third-order valence-electron chi connectivity index (χ3n) is 3.11. The van der Waals surface area contributed by atoms with Crippen LogP contribution in [0.25, 0.3) is 0 Å². The van der Waals surface area contributed by atoms with Crippen molar-refractivity contribution in [1.82, 2.24) is 15.5 Å². The van der Waals surface area contributed by atoms with Crippen LogP contribution in [-0.4, -0.2) is 60.1 Å². The molecule has 0 saturated carbocycles. The number of rotatable bonds is 10. The minimum Gasteiger partial charge on any atom is -0.480 e. The zero-order valence-electron chi connectivity index (χ0n) is 12.9. The minimum absolute atomic E-state index is 0.429. The number of carboxylic acid groups (broad SMARTS) is 1. The van der Waals surface area contributed by atoms with E-state index in [1.165, 1.54) is 0 Å². The van der Waals surface area contributed by atoms with E-state index in [1.807, 2.05) is 7.05 Å². The standard InChI is InChI=1S/C13H26N4O4/c1-9(2)17(3)7-5-4-6-15-13(21)16-10(12(19)20)8-11(14)18/h9-10H,4-8H2,1-3H3,(H2,14,18)(H,19,20)(H2,15,16,21)/t10-/m1/s1. The van der Waals surface area contributed by atoms with Crippen LogP contribution < -0.4 is 16.4 Å². The van der Waals surface area contributed by atoms with Crippen molar-refractivity contribution in [2.75, 3.05) is 20.1 Å². The highest BCUT2D eigenvalue weighted by Crippen LogP contribution is 1.97. The van der Waals surface area contributed by atoms with Crippen molar-refractivity contribution >= 4 is 17.9 Å². The van der Waals surface area contributed by atoms with E-state index in [0.717, 1.165) is 19.4 Å². The molecule has 0 aromatic heterocycles. The van der Waals surface area contributed by atoms with Gasteiger partial charge in [0.2, 0.25) is 5.91 Å². The molecule has 0 aromatic carbocycles. The third kappa shape index (κ3) is 9.67. The third-order valence-corrected chi connectivity index (χ3v) is 3.11. The average Bonchev–Trinajstić information content (AvgIpc) is 2.36. The van der Waals surface area contributed by atoms with Crippen LogP contribution in [0.15, 0.2) is 0 Å². The highest BCUT2D eigenvalue weighted by molar-refractivity contribution is 5.87. The van der Waals surface area contributed by atoms with Crippen LogP contribution >= 0.6 is 0 Å². The van der Waals surface area contributed by atoms with Gasteiger partial charge in [-0.3, -0.25) is 4.79 Å². The number of primary amides is 1. The summed E-state index contributed by atoms with van der Waals surface area (Å²) in [6, 6.07) is -1.43. The van der Waals surface area contributed by atoms with E-state index in [2.05, 4.69) is 29.4 Å². The van der Waals surface area contributed by atoms with Gasteiger partial charge in [0, 0.05) is 12.6 Å². The van der Waals surface area contributed by atoms with E-state index in [9.17, 15) is 14.4 Å². The number of aliphatic carboxylic acids is 1. The van der Waals surface area contributed by atoms with E-state index in [1.54, 1.807) is 0 Å². The summed E-state index contributed by atoms with van der Waals surface area (Å²) in [5.74, 6) is -2.07. The number of nitrogens with two attached hydrogens (primary N) is 1. The summed E-state index contributed by atoms with van der Waals surface area (Å²) in [4.78, 5) is 35.2. The molecule has 1 atom stereocenters. The van der Waals surface area contributed by atoms with Gasteiger partial charge in [-0.1, -0.05) is 0 Å². The van der Waals surface area contributed by atoms with Crippen molar-refractivity contribution in [1.29, 1.82) is 0 Å². The first kappa shape index (κ1) is 19.2. The molecule has 3 amide bonds. The van der Waals surface area contributed by atoms with Crippen molar-refractivity contribution in [2.24, 2.45) is 5.73 Å². The molecule has 0 aliphatic rings. The predicted octanol–water partition coefficient (Wildman–Crippen LogP) is -0.265. The number of carbonyl (C=O) groups excluding carboxylic acids is 2. The molecule has 0 unspecified atom stereocenters. The Labute approximate surface area is 125 Å². The van der Waals surface area contributed by atoms with Crippen molar-refractivity contribution in [2.45, 2.75) is 45.2 Å². The number of amides is 3. The van der Waals surface area contributed by atoms with Crippen LogP contribution in [0.1, 0.15) is 33.1 Å². The van der Waals surface area contributed by atoms with Crippen LogP contribution in [0.2, 0.25) is 0 Å². The maximum atomic E-state index is 11.5. The Hall–Kier alpha value is -1.83. The number of nitrogens with one attached hydrogen (secondary N) is 2. The van der Waals surface area contributed by atoms with E-state index in [-0.39, 0.29) is 0 Å². The number of carbonyl (C=O) groups is 3. The number of carboxylic acids is 1. The molecule has 0 heterocycles. The molecule has 8 nitrogen and oxygen atoms in total. The summed E-state index contributed by atoms with van der Waals surface area (Å²) < 4.78 is 0. The summed E-state index contributed by atoms with van der Waals surface area (Å²) in [5.41, 5.74) is 4.92. The van der Waals surface area contributed by atoms with Gasteiger partial charge in [-0.25, -0.2) is 9.59 Å². The first-order valence-electron chi connectivity index (χ1n) is 6.99. The van der Waals surface area contributed by atoms with E-state index < -0.39 is 30.4 Å².